The van der Waals surface area contributed by atoms with Crippen LogP contribution < -0.4 is 15.8 Å². The lowest BCUT2D eigenvalue weighted by Gasteiger charge is -2.25. The Bertz CT molecular complexity index is 1290. The zero-order valence-electron chi connectivity index (χ0n) is 18.0. The second-order valence-corrected chi connectivity index (χ2v) is 8.90. The predicted octanol–water partition coefficient (Wildman–Crippen LogP) is 4.13. The molecule has 7 heteroatoms. The van der Waals surface area contributed by atoms with Gasteiger partial charge in [-0.15, -0.1) is 0 Å². The van der Waals surface area contributed by atoms with Crippen LogP contribution in [0.1, 0.15) is 48.7 Å². The van der Waals surface area contributed by atoms with Crippen molar-refractivity contribution in [1.82, 2.24) is 25.3 Å². The van der Waals surface area contributed by atoms with E-state index in [1.54, 1.807) is 6.20 Å². The highest BCUT2D eigenvalue weighted by molar-refractivity contribution is 5.81. The lowest BCUT2D eigenvalue weighted by molar-refractivity contribution is 0.258. The Morgan fingerprint density at radius 3 is 2.88 bits per heavy atom. The van der Waals surface area contributed by atoms with E-state index in [-0.39, 0.29) is 11.9 Å². The van der Waals surface area contributed by atoms with E-state index in [0.717, 1.165) is 40.3 Å². The van der Waals surface area contributed by atoms with E-state index < -0.39 is 0 Å². The molecule has 32 heavy (non-hydrogen) atoms. The lowest BCUT2D eigenvalue weighted by atomic mass is 9.93. The first-order chi connectivity index (χ1) is 15.6. The van der Waals surface area contributed by atoms with Crippen molar-refractivity contribution in [2.75, 3.05) is 12.3 Å². The summed E-state index contributed by atoms with van der Waals surface area (Å²) in [6, 6.07) is 15.6. The Balaban J connectivity index is 1.26. The summed E-state index contributed by atoms with van der Waals surface area (Å²) in [6.07, 6.45) is 5.16. The number of anilines is 1. The van der Waals surface area contributed by atoms with Crippen molar-refractivity contribution in [2.45, 2.75) is 44.2 Å². The van der Waals surface area contributed by atoms with E-state index in [9.17, 15) is 0 Å². The molecular weight excluding hydrogens is 400 g/mol. The quantitative estimate of drug-likeness (QED) is 0.443. The van der Waals surface area contributed by atoms with E-state index in [0.29, 0.717) is 18.7 Å². The number of fused-ring (bicyclic) bond motifs is 2. The van der Waals surface area contributed by atoms with Crippen LogP contribution in [0.3, 0.4) is 0 Å². The summed E-state index contributed by atoms with van der Waals surface area (Å²) < 4.78 is 6.11. The molecule has 0 radical (unpaired) electrons. The van der Waals surface area contributed by atoms with Crippen molar-refractivity contribution in [1.29, 1.82) is 0 Å². The third-order valence-corrected chi connectivity index (χ3v) is 6.41. The first kappa shape index (κ1) is 19.3. The maximum absolute atomic E-state index is 6.11. The van der Waals surface area contributed by atoms with Gasteiger partial charge in [0.2, 0.25) is 5.95 Å². The first-order valence-electron chi connectivity index (χ1n) is 11.2. The third-order valence-electron chi connectivity index (χ3n) is 6.41. The molecular formula is C25H26N6O. The molecule has 7 nitrogen and oxygen atoms in total. The summed E-state index contributed by atoms with van der Waals surface area (Å²) in [5.41, 5.74) is 12.0. The van der Waals surface area contributed by atoms with E-state index >= 15 is 0 Å². The molecule has 3 heterocycles. The number of nitrogen functional groups attached to an aromatic ring is 1. The number of benzene rings is 2. The van der Waals surface area contributed by atoms with Crippen LogP contribution in [0.15, 0.2) is 48.7 Å². The van der Waals surface area contributed by atoms with Gasteiger partial charge in [-0.3, -0.25) is 0 Å². The Hall–Kier alpha value is -3.45. The van der Waals surface area contributed by atoms with E-state index in [1.807, 2.05) is 24.3 Å². The molecule has 1 aliphatic heterocycles. The number of aromatic amines is 1. The molecule has 1 saturated carbocycles. The minimum absolute atomic E-state index is 0.190. The number of nitrogens with one attached hydrogen (secondary N) is 2. The summed E-state index contributed by atoms with van der Waals surface area (Å²) in [7, 11) is 0. The van der Waals surface area contributed by atoms with Crippen LogP contribution in [0.2, 0.25) is 0 Å². The number of imidazole rings is 1. The van der Waals surface area contributed by atoms with Gasteiger partial charge in [-0.05, 0) is 61.6 Å². The van der Waals surface area contributed by atoms with Crippen LogP contribution in [-0.4, -0.2) is 32.6 Å². The number of nitrogens with zero attached hydrogens (tertiary/aromatic N) is 3. The van der Waals surface area contributed by atoms with Crippen LogP contribution in [0.25, 0.3) is 22.3 Å². The average Bonchev–Trinajstić information content (AvgIpc) is 3.52. The van der Waals surface area contributed by atoms with Crippen LogP contribution in [0.5, 0.6) is 5.75 Å². The molecule has 4 N–H and O–H groups in total. The molecule has 0 amide bonds. The highest BCUT2D eigenvalue weighted by Crippen LogP contribution is 2.35. The molecule has 1 aliphatic carbocycles. The number of hydrogen-bond acceptors (Lipinski definition) is 6. The van der Waals surface area contributed by atoms with Crippen molar-refractivity contribution in [2.24, 2.45) is 0 Å². The monoisotopic (exact) mass is 426 g/mol. The van der Waals surface area contributed by atoms with Crippen LogP contribution >= 0.6 is 0 Å². The predicted molar refractivity (Wildman–Crippen MR) is 124 cm³/mol. The molecule has 0 bridgehead atoms. The van der Waals surface area contributed by atoms with Gasteiger partial charge in [0.05, 0.1) is 29.3 Å². The third kappa shape index (κ3) is 3.69. The van der Waals surface area contributed by atoms with Gasteiger partial charge in [0.15, 0.2) is 0 Å². The smallest absolute Gasteiger partial charge is 0.220 e. The summed E-state index contributed by atoms with van der Waals surface area (Å²) in [4.78, 5) is 16.7. The molecule has 2 atom stereocenters. The molecule has 2 aromatic carbocycles. The highest BCUT2D eigenvalue weighted by Gasteiger charge is 2.27. The van der Waals surface area contributed by atoms with Gasteiger partial charge in [0.25, 0.3) is 0 Å². The first-order valence-corrected chi connectivity index (χ1v) is 11.2. The van der Waals surface area contributed by atoms with E-state index in [1.165, 1.54) is 24.0 Å². The maximum Gasteiger partial charge on any atom is 0.220 e. The Morgan fingerprint density at radius 1 is 1.12 bits per heavy atom. The van der Waals surface area contributed by atoms with Gasteiger partial charge >= 0.3 is 0 Å². The second kappa shape index (κ2) is 7.60. The number of rotatable bonds is 5. The molecule has 2 aliphatic rings. The maximum atomic E-state index is 6.11. The van der Waals surface area contributed by atoms with Gasteiger partial charge in [0, 0.05) is 23.8 Å². The fourth-order valence-electron chi connectivity index (χ4n) is 4.47. The van der Waals surface area contributed by atoms with Crippen molar-refractivity contribution < 1.29 is 4.74 Å². The molecule has 162 valence electrons. The average molecular weight is 427 g/mol. The SMILES string of the molecule is CC(NC1CC1)c1ccc2c(c1)CC(c1nc3cc(-c4ccnc(N)n4)ccc3[nH]1)CO2. The van der Waals surface area contributed by atoms with Crippen molar-refractivity contribution in [3.63, 3.8) is 0 Å². The van der Waals surface area contributed by atoms with Gasteiger partial charge in [0.1, 0.15) is 11.6 Å². The minimum atomic E-state index is 0.190. The number of nitrogens with two attached hydrogens (primary N) is 1. The van der Waals surface area contributed by atoms with E-state index in [4.69, 9.17) is 15.5 Å². The van der Waals surface area contributed by atoms with Gasteiger partial charge in [-0.1, -0.05) is 18.2 Å². The molecule has 0 saturated heterocycles. The zero-order chi connectivity index (χ0) is 21.7. The Morgan fingerprint density at radius 2 is 2.03 bits per heavy atom. The summed E-state index contributed by atoms with van der Waals surface area (Å²) in [5.74, 6) is 2.40. The van der Waals surface area contributed by atoms with Crippen molar-refractivity contribution in [3.05, 3.63) is 65.6 Å². The largest absolute Gasteiger partial charge is 0.493 e. The van der Waals surface area contributed by atoms with Crippen molar-refractivity contribution >= 4 is 17.0 Å². The fraction of sp³-hybridized carbons (Fsp3) is 0.320. The van der Waals surface area contributed by atoms with Crippen LogP contribution in [0.4, 0.5) is 5.95 Å². The van der Waals surface area contributed by atoms with Crippen molar-refractivity contribution in [3.8, 4) is 17.0 Å². The Labute approximate surface area is 186 Å². The van der Waals surface area contributed by atoms with Gasteiger partial charge < -0.3 is 20.8 Å². The van der Waals surface area contributed by atoms with Crippen LogP contribution in [0, 0.1) is 0 Å². The Kier molecular flexibility index (Phi) is 4.57. The number of H-pyrrole nitrogens is 1. The summed E-state index contributed by atoms with van der Waals surface area (Å²) in [5, 5.41) is 3.68. The number of hydrogen-bond donors (Lipinski definition) is 3. The lowest BCUT2D eigenvalue weighted by Crippen LogP contribution is -2.23. The second-order valence-electron chi connectivity index (χ2n) is 8.90. The van der Waals surface area contributed by atoms with E-state index in [2.05, 4.69) is 45.4 Å². The van der Waals surface area contributed by atoms with Gasteiger partial charge in [-0.2, -0.15) is 0 Å². The molecule has 2 unspecified atom stereocenters. The minimum Gasteiger partial charge on any atom is -0.493 e. The zero-order valence-corrected chi connectivity index (χ0v) is 18.0. The summed E-state index contributed by atoms with van der Waals surface area (Å²) >= 11 is 0. The molecule has 0 spiro atoms. The number of ether oxygens (including phenoxy) is 1. The molecule has 4 aromatic rings. The topological polar surface area (TPSA) is 102 Å². The van der Waals surface area contributed by atoms with Gasteiger partial charge in [-0.25, -0.2) is 15.0 Å². The standard InChI is InChI=1S/C25H26N6O/c1-14(28-19-4-5-19)15-3-7-23-17(10-15)11-18(13-32-23)24-29-21-6-2-16(12-22(21)30-24)20-8-9-27-25(26)31-20/h2-3,6-10,12,14,18-19,28H,4-5,11,13H2,1H3,(H,29,30)(H2,26,27,31). The number of aromatic nitrogens is 4. The molecule has 1 fully saturated rings. The normalized spacial score (nSPS) is 18.8. The summed E-state index contributed by atoms with van der Waals surface area (Å²) in [6.45, 7) is 2.86. The van der Waals surface area contributed by atoms with Crippen LogP contribution in [-0.2, 0) is 6.42 Å². The highest BCUT2D eigenvalue weighted by atomic mass is 16.5. The molecule has 2 aromatic heterocycles. The fourth-order valence-corrected chi connectivity index (χ4v) is 4.47. The molecule has 6 rings (SSSR count).